The number of anilines is 1. The summed E-state index contributed by atoms with van der Waals surface area (Å²) in [4.78, 5) is 0. The molecule has 1 spiro atoms. The molecule has 3 aliphatic carbocycles. The lowest BCUT2D eigenvalue weighted by atomic mass is 9.61. The third-order valence-electron chi connectivity index (χ3n) is 6.28. The number of hydrogen-bond acceptors (Lipinski definition) is 4. The molecular formula is C17H17ClF3N3O. The van der Waals surface area contributed by atoms with Crippen LogP contribution in [0.4, 0.5) is 19.0 Å². The Hall–Kier alpha value is -1.47. The minimum Gasteiger partial charge on any atom is -0.362 e. The lowest BCUT2D eigenvalue weighted by molar-refractivity contribution is -0.136. The summed E-state index contributed by atoms with van der Waals surface area (Å²) in [7, 11) is 0. The maximum absolute atomic E-state index is 13.3. The molecule has 8 heteroatoms. The van der Waals surface area contributed by atoms with E-state index in [0.29, 0.717) is 23.0 Å². The van der Waals surface area contributed by atoms with E-state index in [1.807, 2.05) is 0 Å². The molecule has 1 aromatic carbocycles. The van der Waals surface area contributed by atoms with E-state index in [1.165, 1.54) is 18.9 Å². The van der Waals surface area contributed by atoms with Gasteiger partial charge in [-0.05, 0) is 49.7 Å². The zero-order valence-electron chi connectivity index (χ0n) is 13.3. The van der Waals surface area contributed by atoms with Crippen LogP contribution in [0, 0.1) is 11.8 Å². The van der Waals surface area contributed by atoms with E-state index in [0.717, 1.165) is 19.4 Å². The van der Waals surface area contributed by atoms with Crippen molar-refractivity contribution in [2.45, 2.75) is 43.4 Å². The second kappa shape index (κ2) is 5.04. The van der Waals surface area contributed by atoms with Crippen LogP contribution >= 0.6 is 11.6 Å². The van der Waals surface area contributed by atoms with Crippen LogP contribution in [0.15, 0.2) is 16.7 Å². The summed E-state index contributed by atoms with van der Waals surface area (Å²) >= 11 is 5.76. The van der Waals surface area contributed by atoms with Gasteiger partial charge in [0, 0.05) is 6.54 Å². The van der Waals surface area contributed by atoms with E-state index in [1.54, 1.807) is 6.07 Å². The molecule has 134 valence electrons. The van der Waals surface area contributed by atoms with Crippen molar-refractivity contribution in [1.82, 2.24) is 10.5 Å². The van der Waals surface area contributed by atoms with Gasteiger partial charge in [-0.3, -0.25) is 0 Å². The SMILES string of the molecule is FC(F)(F)c1c(Cl)ccc2c(NC3C4CCC(CC4)[C@@]34CN4)noc12. The summed E-state index contributed by atoms with van der Waals surface area (Å²) in [5.74, 6) is 1.53. The first kappa shape index (κ1) is 15.8. The molecule has 0 amide bonds. The zero-order valence-corrected chi connectivity index (χ0v) is 14.0. The van der Waals surface area contributed by atoms with Gasteiger partial charge < -0.3 is 15.2 Å². The largest absolute Gasteiger partial charge is 0.421 e. The van der Waals surface area contributed by atoms with Crippen LogP contribution < -0.4 is 10.6 Å². The van der Waals surface area contributed by atoms with E-state index in [4.69, 9.17) is 16.1 Å². The highest BCUT2D eigenvalue weighted by Gasteiger charge is 2.61. The molecule has 4 aliphatic rings. The lowest BCUT2D eigenvalue weighted by Crippen LogP contribution is -2.56. The highest BCUT2D eigenvalue weighted by atomic mass is 35.5. The van der Waals surface area contributed by atoms with Crippen LogP contribution in [-0.4, -0.2) is 23.3 Å². The average Bonchev–Trinajstić information content (AvgIpc) is 3.24. The number of halogens is 4. The highest BCUT2D eigenvalue weighted by Crippen LogP contribution is 2.53. The van der Waals surface area contributed by atoms with Gasteiger partial charge in [-0.2, -0.15) is 13.2 Å². The van der Waals surface area contributed by atoms with Crippen molar-refractivity contribution in [3.8, 4) is 0 Å². The van der Waals surface area contributed by atoms with E-state index in [9.17, 15) is 13.2 Å². The van der Waals surface area contributed by atoms with Crippen LogP contribution in [0.2, 0.25) is 5.02 Å². The molecule has 1 saturated heterocycles. The summed E-state index contributed by atoms with van der Waals surface area (Å²) in [6.45, 7) is 0.960. The van der Waals surface area contributed by atoms with Crippen molar-refractivity contribution in [3.63, 3.8) is 0 Å². The third kappa shape index (κ3) is 2.21. The lowest BCUT2D eigenvalue weighted by Gasteiger charge is -2.48. The molecule has 1 aromatic heterocycles. The fourth-order valence-electron chi connectivity index (χ4n) is 5.00. The van der Waals surface area contributed by atoms with E-state index >= 15 is 0 Å². The van der Waals surface area contributed by atoms with Gasteiger partial charge in [-0.25, -0.2) is 0 Å². The molecule has 4 fully saturated rings. The first-order valence-electron chi connectivity index (χ1n) is 8.57. The van der Waals surface area contributed by atoms with Crippen LogP contribution in [-0.2, 0) is 6.18 Å². The third-order valence-corrected chi connectivity index (χ3v) is 6.59. The molecule has 2 heterocycles. The molecule has 6 rings (SSSR count). The Morgan fingerprint density at radius 2 is 1.96 bits per heavy atom. The summed E-state index contributed by atoms with van der Waals surface area (Å²) in [6.07, 6.45) is 0.172. The van der Waals surface area contributed by atoms with Crippen LogP contribution in [0.3, 0.4) is 0 Å². The summed E-state index contributed by atoms with van der Waals surface area (Å²) in [6, 6.07) is 2.98. The second-order valence-electron chi connectivity index (χ2n) is 7.46. The summed E-state index contributed by atoms with van der Waals surface area (Å²) < 4.78 is 45.0. The Balaban J connectivity index is 1.54. The van der Waals surface area contributed by atoms with Crippen molar-refractivity contribution in [2.75, 3.05) is 11.9 Å². The normalized spacial score (nSPS) is 34.0. The number of alkyl halides is 3. The van der Waals surface area contributed by atoms with Crippen molar-refractivity contribution in [2.24, 2.45) is 11.8 Å². The average molecular weight is 372 g/mol. The maximum Gasteiger partial charge on any atom is 0.421 e. The minimum atomic E-state index is -4.59. The van der Waals surface area contributed by atoms with Gasteiger partial charge >= 0.3 is 6.18 Å². The molecule has 25 heavy (non-hydrogen) atoms. The monoisotopic (exact) mass is 371 g/mol. The van der Waals surface area contributed by atoms with E-state index in [-0.39, 0.29) is 22.2 Å². The topological polar surface area (TPSA) is 60.0 Å². The first-order valence-corrected chi connectivity index (χ1v) is 8.94. The number of nitrogens with zero attached hydrogens (tertiary/aromatic N) is 1. The fraction of sp³-hybridized carbons (Fsp3) is 0.588. The van der Waals surface area contributed by atoms with Gasteiger partial charge in [0.1, 0.15) is 5.56 Å². The van der Waals surface area contributed by atoms with Crippen LogP contribution in [0.25, 0.3) is 11.0 Å². The quantitative estimate of drug-likeness (QED) is 0.766. The van der Waals surface area contributed by atoms with Gasteiger partial charge in [-0.15, -0.1) is 0 Å². The van der Waals surface area contributed by atoms with Gasteiger partial charge in [0.05, 0.1) is 22.0 Å². The highest BCUT2D eigenvalue weighted by molar-refractivity contribution is 6.32. The molecule has 1 unspecified atom stereocenters. The van der Waals surface area contributed by atoms with Crippen molar-refractivity contribution in [1.29, 1.82) is 0 Å². The number of benzene rings is 1. The van der Waals surface area contributed by atoms with E-state index < -0.39 is 11.7 Å². The Bertz CT molecular complexity index is 838. The van der Waals surface area contributed by atoms with Crippen molar-refractivity contribution >= 4 is 28.4 Å². The molecule has 2 atom stereocenters. The molecule has 0 radical (unpaired) electrons. The molecular weight excluding hydrogens is 355 g/mol. The van der Waals surface area contributed by atoms with E-state index in [2.05, 4.69) is 15.8 Å². The Labute approximate surface area is 147 Å². The minimum absolute atomic E-state index is 0.0751. The summed E-state index contributed by atoms with van der Waals surface area (Å²) in [5.41, 5.74) is -1.19. The number of hydrogen-bond donors (Lipinski definition) is 2. The first-order chi connectivity index (χ1) is 11.9. The van der Waals surface area contributed by atoms with Crippen molar-refractivity contribution in [3.05, 3.63) is 22.7 Å². The van der Waals surface area contributed by atoms with Gasteiger partial charge in [0.2, 0.25) is 0 Å². The standard InChI is InChI=1S/C17H17ClF3N3O/c18-11-6-5-10-13(12(11)17(19,20)21)25-24-15(10)23-14-8-1-3-9(4-2-8)16(14)7-22-16/h5-6,8-9,14,22H,1-4,7H2,(H,23,24)/t8?,9?,14?,16-/m0/s1. The number of aromatic nitrogens is 1. The zero-order chi connectivity index (χ0) is 17.4. The maximum atomic E-state index is 13.3. The molecule has 2 aromatic rings. The van der Waals surface area contributed by atoms with Gasteiger partial charge in [0.15, 0.2) is 11.4 Å². The number of nitrogens with one attached hydrogen (secondary N) is 2. The molecule has 1 aliphatic heterocycles. The second-order valence-corrected chi connectivity index (χ2v) is 7.86. The fourth-order valence-corrected chi connectivity index (χ4v) is 5.25. The Morgan fingerprint density at radius 1 is 1.24 bits per heavy atom. The van der Waals surface area contributed by atoms with Gasteiger partial charge in [0.25, 0.3) is 0 Å². The van der Waals surface area contributed by atoms with Gasteiger partial charge in [-0.1, -0.05) is 16.8 Å². The van der Waals surface area contributed by atoms with Crippen LogP contribution in [0.1, 0.15) is 31.2 Å². The predicted octanol–water partition coefficient (Wildman–Crippen LogP) is 4.44. The number of rotatable bonds is 2. The Kier molecular flexibility index (Phi) is 3.18. The Morgan fingerprint density at radius 3 is 2.60 bits per heavy atom. The molecule has 2 N–H and O–H groups in total. The molecule has 2 bridgehead atoms. The predicted molar refractivity (Wildman–Crippen MR) is 87.6 cm³/mol. The summed E-state index contributed by atoms with van der Waals surface area (Å²) in [5, 5.41) is 10.8. The number of fused-ring (bicyclic) bond motifs is 3. The van der Waals surface area contributed by atoms with Crippen molar-refractivity contribution < 1.29 is 17.7 Å². The molecule has 4 nitrogen and oxygen atoms in total. The molecule has 3 saturated carbocycles. The van der Waals surface area contributed by atoms with Crippen LogP contribution in [0.5, 0.6) is 0 Å². The smallest absolute Gasteiger partial charge is 0.362 e.